The standard InChI is InChI=1S/C10H12ClN3O3/c11-5-7-3-4-13(6-7)10(15)8-1-2-9(12-8)14(16)17/h1-2,7,12H,3-6H2. The lowest BCUT2D eigenvalue weighted by atomic mass is 10.2. The minimum Gasteiger partial charge on any atom is -0.358 e. The first-order chi connectivity index (χ1) is 8.11. The molecule has 1 atom stereocenters. The van der Waals surface area contributed by atoms with Gasteiger partial charge in [0.2, 0.25) is 0 Å². The lowest BCUT2D eigenvalue weighted by Crippen LogP contribution is -2.29. The summed E-state index contributed by atoms with van der Waals surface area (Å²) < 4.78 is 0. The number of nitrogens with zero attached hydrogens (tertiary/aromatic N) is 2. The molecule has 92 valence electrons. The molecule has 2 rings (SSSR count). The van der Waals surface area contributed by atoms with E-state index in [1.165, 1.54) is 12.1 Å². The molecule has 1 unspecified atom stereocenters. The summed E-state index contributed by atoms with van der Waals surface area (Å²) in [5.74, 6) is 0.493. The molecule has 1 amide bonds. The average Bonchev–Trinajstić information content (AvgIpc) is 2.97. The number of H-pyrrole nitrogens is 1. The molecule has 0 radical (unpaired) electrons. The van der Waals surface area contributed by atoms with Crippen LogP contribution in [0.3, 0.4) is 0 Å². The molecule has 1 saturated heterocycles. The Morgan fingerprint density at radius 1 is 1.65 bits per heavy atom. The van der Waals surface area contributed by atoms with Crippen LogP contribution in [0, 0.1) is 16.0 Å². The molecule has 1 aromatic heterocycles. The number of aromatic nitrogens is 1. The molecule has 0 spiro atoms. The molecule has 17 heavy (non-hydrogen) atoms. The lowest BCUT2D eigenvalue weighted by Gasteiger charge is -2.13. The number of alkyl halides is 1. The van der Waals surface area contributed by atoms with E-state index >= 15 is 0 Å². The van der Waals surface area contributed by atoms with E-state index in [1.54, 1.807) is 4.90 Å². The van der Waals surface area contributed by atoms with E-state index in [1.807, 2.05) is 0 Å². The molecule has 0 saturated carbocycles. The highest BCUT2D eigenvalue weighted by molar-refractivity contribution is 6.18. The van der Waals surface area contributed by atoms with Crippen molar-refractivity contribution >= 4 is 23.3 Å². The molecule has 0 aromatic carbocycles. The van der Waals surface area contributed by atoms with E-state index < -0.39 is 4.92 Å². The number of amides is 1. The third-order valence-corrected chi connectivity index (χ3v) is 3.33. The van der Waals surface area contributed by atoms with Gasteiger partial charge < -0.3 is 15.0 Å². The predicted molar refractivity (Wildman–Crippen MR) is 62.2 cm³/mol. The minimum absolute atomic E-state index is 0.165. The SMILES string of the molecule is O=C(c1ccc([N+](=O)[O-])[nH]1)N1CCC(CCl)C1. The van der Waals surface area contributed by atoms with Crippen LogP contribution in [0.2, 0.25) is 0 Å². The fourth-order valence-corrected chi connectivity index (χ4v) is 2.18. The normalized spacial score (nSPS) is 19.6. The van der Waals surface area contributed by atoms with Crippen molar-refractivity contribution in [2.75, 3.05) is 19.0 Å². The van der Waals surface area contributed by atoms with Crippen molar-refractivity contribution in [3.8, 4) is 0 Å². The molecule has 7 heteroatoms. The van der Waals surface area contributed by atoms with Gasteiger partial charge in [0, 0.05) is 25.0 Å². The Kier molecular flexibility index (Phi) is 3.33. The minimum atomic E-state index is -0.553. The summed E-state index contributed by atoms with van der Waals surface area (Å²) in [5.41, 5.74) is 0.256. The van der Waals surface area contributed by atoms with Gasteiger partial charge in [0.25, 0.3) is 5.91 Å². The van der Waals surface area contributed by atoms with Gasteiger partial charge in [0.15, 0.2) is 5.69 Å². The summed E-state index contributed by atoms with van der Waals surface area (Å²) in [4.78, 5) is 26.1. The fourth-order valence-electron chi connectivity index (χ4n) is 1.93. The molecule has 1 aromatic rings. The summed E-state index contributed by atoms with van der Waals surface area (Å²) in [5, 5.41) is 10.5. The van der Waals surface area contributed by atoms with Crippen LogP contribution < -0.4 is 0 Å². The van der Waals surface area contributed by atoms with Crippen LogP contribution in [0.1, 0.15) is 16.9 Å². The number of hydrogen-bond donors (Lipinski definition) is 1. The smallest absolute Gasteiger partial charge is 0.321 e. The van der Waals surface area contributed by atoms with Crippen LogP contribution in [0.4, 0.5) is 5.82 Å². The number of aromatic amines is 1. The summed E-state index contributed by atoms with van der Waals surface area (Å²) in [6, 6.07) is 2.73. The fraction of sp³-hybridized carbons (Fsp3) is 0.500. The maximum absolute atomic E-state index is 12.0. The second-order valence-corrected chi connectivity index (χ2v) is 4.38. The van der Waals surface area contributed by atoms with Gasteiger partial charge in [-0.05, 0) is 23.3 Å². The highest BCUT2D eigenvalue weighted by Gasteiger charge is 2.28. The first kappa shape index (κ1) is 11.9. The Morgan fingerprint density at radius 2 is 2.41 bits per heavy atom. The number of nitrogens with one attached hydrogen (secondary N) is 1. The van der Waals surface area contributed by atoms with Gasteiger partial charge in [-0.2, -0.15) is 0 Å². The number of carbonyl (C=O) groups is 1. The number of rotatable bonds is 3. The summed E-state index contributed by atoms with van der Waals surface area (Å²) in [6.45, 7) is 1.28. The molecule has 1 N–H and O–H groups in total. The van der Waals surface area contributed by atoms with Crippen LogP contribution in [0.15, 0.2) is 12.1 Å². The average molecular weight is 258 g/mol. The Hall–Kier alpha value is -1.56. The Morgan fingerprint density at radius 3 is 2.94 bits per heavy atom. The predicted octanol–water partition coefficient (Wildman–Crippen LogP) is 1.62. The van der Waals surface area contributed by atoms with E-state index in [0.29, 0.717) is 24.9 Å². The second-order valence-electron chi connectivity index (χ2n) is 4.07. The molecule has 1 aliphatic heterocycles. The highest BCUT2D eigenvalue weighted by atomic mass is 35.5. The van der Waals surface area contributed by atoms with Crippen molar-refractivity contribution < 1.29 is 9.72 Å². The molecule has 2 heterocycles. The van der Waals surface area contributed by atoms with Crippen LogP contribution in [-0.4, -0.2) is 39.7 Å². The largest absolute Gasteiger partial charge is 0.358 e. The van der Waals surface area contributed by atoms with Gasteiger partial charge in [-0.15, -0.1) is 11.6 Å². The van der Waals surface area contributed by atoms with Crippen molar-refractivity contribution in [1.29, 1.82) is 0 Å². The summed E-state index contributed by atoms with van der Waals surface area (Å²) in [7, 11) is 0. The van der Waals surface area contributed by atoms with E-state index in [4.69, 9.17) is 11.6 Å². The van der Waals surface area contributed by atoms with Crippen molar-refractivity contribution in [3.05, 3.63) is 27.9 Å². The Labute approximate surface area is 103 Å². The van der Waals surface area contributed by atoms with Crippen LogP contribution in [0.5, 0.6) is 0 Å². The molecule has 1 fully saturated rings. The zero-order valence-corrected chi connectivity index (χ0v) is 9.81. The van der Waals surface area contributed by atoms with E-state index in [9.17, 15) is 14.9 Å². The van der Waals surface area contributed by atoms with Gasteiger partial charge in [0.05, 0.1) is 0 Å². The maximum atomic E-state index is 12.0. The second kappa shape index (κ2) is 4.75. The van der Waals surface area contributed by atoms with Gasteiger partial charge in [-0.3, -0.25) is 4.79 Å². The number of halogens is 1. The van der Waals surface area contributed by atoms with Gasteiger partial charge in [-0.1, -0.05) is 0 Å². The number of hydrogen-bond acceptors (Lipinski definition) is 3. The summed E-state index contributed by atoms with van der Waals surface area (Å²) >= 11 is 5.73. The van der Waals surface area contributed by atoms with Crippen LogP contribution in [0.25, 0.3) is 0 Å². The monoisotopic (exact) mass is 257 g/mol. The molecular weight excluding hydrogens is 246 g/mol. The van der Waals surface area contributed by atoms with E-state index in [-0.39, 0.29) is 17.4 Å². The highest BCUT2D eigenvalue weighted by Crippen LogP contribution is 2.20. The van der Waals surface area contributed by atoms with Gasteiger partial charge in [0.1, 0.15) is 0 Å². The van der Waals surface area contributed by atoms with E-state index in [2.05, 4.69) is 4.98 Å². The van der Waals surface area contributed by atoms with Crippen molar-refractivity contribution in [2.24, 2.45) is 5.92 Å². The van der Waals surface area contributed by atoms with Gasteiger partial charge >= 0.3 is 5.82 Å². The van der Waals surface area contributed by atoms with E-state index in [0.717, 1.165) is 6.42 Å². The van der Waals surface area contributed by atoms with Crippen molar-refractivity contribution in [2.45, 2.75) is 6.42 Å². The Balaban J connectivity index is 2.07. The zero-order chi connectivity index (χ0) is 12.4. The first-order valence-electron chi connectivity index (χ1n) is 5.30. The van der Waals surface area contributed by atoms with Crippen LogP contribution >= 0.6 is 11.6 Å². The maximum Gasteiger partial charge on any atom is 0.321 e. The molecule has 0 aliphatic carbocycles. The summed E-state index contributed by atoms with van der Waals surface area (Å²) in [6.07, 6.45) is 0.887. The number of nitro groups is 1. The third kappa shape index (κ3) is 2.41. The Bertz CT molecular complexity index is 446. The topological polar surface area (TPSA) is 79.2 Å². The number of likely N-dealkylation sites (tertiary alicyclic amines) is 1. The van der Waals surface area contributed by atoms with Crippen LogP contribution in [-0.2, 0) is 0 Å². The first-order valence-corrected chi connectivity index (χ1v) is 5.84. The van der Waals surface area contributed by atoms with Gasteiger partial charge in [-0.25, -0.2) is 4.98 Å². The number of carbonyl (C=O) groups excluding carboxylic acids is 1. The molecule has 6 nitrogen and oxygen atoms in total. The van der Waals surface area contributed by atoms with Crippen molar-refractivity contribution in [3.63, 3.8) is 0 Å². The lowest BCUT2D eigenvalue weighted by molar-refractivity contribution is -0.389. The zero-order valence-electron chi connectivity index (χ0n) is 9.06. The third-order valence-electron chi connectivity index (χ3n) is 2.89. The molecule has 0 bridgehead atoms. The quantitative estimate of drug-likeness (QED) is 0.508. The van der Waals surface area contributed by atoms with Crippen molar-refractivity contribution in [1.82, 2.24) is 9.88 Å². The molecule has 1 aliphatic rings. The molecular formula is C10H12ClN3O3.